The lowest BCUT2D eigenvalue weighted by Crippen LogP contribution is -2.38. The van der Waals surface area contributed by atoms with E-state index >= 15 is 0 Å². The van der Waals surface area contributed by atoms with E-state index in [0.717, 1.165) is 38.1 Å². The van der Waals surface area contributed by atoms with Crippen LogP contribution >= 0.6 is 11.6 Å². The van der Waals surface area contributed by atoms with Gasteiger partial charge in [0, 0.05) is 30.4 Å². The Labute approximate surface area is 161 Å². The maximum Gasteiger partial charge on any atom is 0.308 e. The van der Waals surface area contributed by atoms with Gasteiger partial charge in [0.1, 0.15) is 5.15 Å². The molecule has 3 rings (SSSR count). The number of carboxylic acid groups (broad SMARTS) is 1. The number of rotatable bonds is 4. The predicted octanol–water partition coefficient (Wildman–Crippen LogP) is 4.93. The van der Waals surface area contributed by atoms with Crippen molar-refractivity contribution in [3.8, 4) is 11.1 Å². The fraction of sp³-hybridized carbons (Fsp3) is 0.400. The highest BCUT2D eigenvalue weighted by Gasteiger charge is 2.29. The molecule has 1 N–H and O–H groups in total. The summed E-state index contributed by atoms with van der Waals surface area (Å²) in [5.74, 6) is -2.93. The zero-order valence-corrected chi connectivity index (χ0v) is 16.0. The molecule has 1 aliphatic rings. The number of pyridine rings is 1. The summed E-state index contributed by atoms with van der Waals surface area (Å²) in [5.41, 5.74) is 2.21. The standard InChI is InChI=1S/C20H21ClF2N2O2/c1-20(2)5-7-25(8-6-20)18-13(10-17(26)27)19(21)24-11-14(18)12-3-4-15(22)16(23)9-12/h3-4,9,11H,5-8,10H2,1-2H3,(H,26,27). The summed E-state index contributed by atoms with van der Waals surface area (Å²) in [6, 6.07) is 3.62. The van der Waals surface area contributed by atoms with Crippen LogP contribution in [0.1, 0.15) is 32.3 Å². The molecular formula is C20H21ClF2N2O2. The number of anilines is 1. The molecule has 7 heteroatoms. The summed E-state index contributed by atoms with van der Waals surface area (Å²) in [7, 11) is 0. The van der Waals surface area contributed by atoms with Crippen molar-refractivity contribution < 1.29 is 18.7 Å². The molecule has 0 spiro atoms. The van der Waals surface area contributed by atoms with Crippen LogP contribution < -0.4 is 4.90 Å². The van der Waals surface area contributed by atoms with Crippen LogP contribution in [-0.4, -0.2) is 29.1 Å². The summed E-state index contributed by atoms with van der Waals surface area (Å²) in [4.78, 5) is 17.6. The third kappa shape index (κ3) is 4.21. The number of hydrogen-bond donors (Lipinski definition) is 1. The van der Waals surface area contributed by atoms with Gasteiger partial charge in [-0.05, 0) is 36.0 Å². The van der Waals surface area contributed by atoms with Crippen LogP contribution in [0.25, 0.3) is 11.1 Å². The Morgan fingerprint density at radius 2 is 1.93 bits per heavy atom. The Kier molecular flexibility index (Phi) is 5.38. The molecule has 2 heterocycles. The number of aliphatic carboxylic acids is 1. The lowest BCUT2D eigenvalue weighted by molar-refractivity contribution is -0.136. The van der Waals surface area contributed by atoms with E-state index in [1.165, 1.54) is 12.3 Å². The Hall–Kier alpha value is -2.21. The molecule has 0 bridgehead atoms. The molecule has 0 radical (unpaired) electrons. The van der Waals surface area contributed by atoms with Gasteiger partial charge in [-0.3, -0.25) is 4.79 Å². The van der Waals surface area contributed by atoms with E-state index in [1.807, 2.05) is 0 Å². The smallest absolute Gasteiger partial charge is 0.308 e. The van der Waals surface area contributed by atoms with Gasteiger partial charge in [-0.25, -0.2) is 13.8 Å². The minimum atomic E-state index is -1.03. The summed E-state index contributed by atoms with van der Waals surface area (Å²) in [6.45, 7) is 5.82. The molecule has 0 atom stereocenters. The first-order valence-electron chi connectivity index (χ1n) is 8.77. The van der Waals surface area contributed by atoms with Crippen LogP contribution in [0.3, 0.4) is 0 Å². The molecule has 1 aromatic heterocycles. The highest BCUT2D eigenvalue weighted by Crippen LogP contribution is 2.41. The molecule has 1 aliphatic heterocycles. The number of hydrogen-bond acceptors (Lipinski definition) is 3. The number of carbonyl (C=O) groups is 1. The Bertz CT molecular complexity index is 877. The van der Waals surface area contributed by atoms with Crippen molar-refractivity contribution in [2.45, 2.75) is 33.1 Å². The predicted molar refractivity (Wildman–Crippen MR) is 101 cm³/mol. The van der Waals surface area contributed by atoms with Crippen molar-refractivity contribution >= 4 is 23.3 Å². The topological polar surface area (TPSA) is 53.4 Å². The normalized spacial score (nSPS) is 16.4. The molecule has 4 nitrogen and oxygen atoms in total. The summed E-state index contributed by atoms with van der Waals surface area (Å²) < 4.78 is 27.2. The number of halogens is 3. The first kappa shape index (κ1) is 19.5. The molecule has 144 valence electrons. The van der Waals surface area contributed by atoms with Gasteiger partial charge in [-0.15, -0.1) is 0 Å². The fourth-order valence-corrected chi connectivity index (χ4v) is 3.61. The van der Waals surface area contributed by atoms with Crippen LogP contribution in [0.2, 0.25) is 5.15 Å². The van der Waals surface area contributed by atoms with Gasteiger partial charge < -0.3 is 10.0 Å². The van der Waals surface area contributed by atoms with Gasteiger partial charge in [0.15, 0.2) is 11.6 Å². The Morgan fingerprint density at radius 3 is 2.52 bits per heavy atom. The molecule has 0 unspecified atom stereocenters. The molecule has 1 fully saturated rings. The van der Waals surface area contributed by atoms with E-state index in [9.17, 15) is 18.7 Å². The molecule has 1 aromatic carbocycles. The maximum absolute atomic E-state index is 13.8. The zero-order valence-electron chi connectivity index (χ0n) is 15.2. The minimum Gasteiger partial charge on any atom is -0.481 e. The van der Waals surface area contributed by atoms with Crippen molar-refractivity contribution in [2.75, 3.05) is 18.0 Å². The number of aromatic nitrogens is 1. The van der Waals surface area contributed by atoms with Gasteiger partial charge in [0.05, 0.1) is 12.1 Å². The molecule has 2 aromatic rings. The Morgan fingerprint density at radius 1 is 1.26 bits per heavy atom. The van der Waals surface area contributed by atoms with Crippen LogP contribution in [0.15, 0.2) is 24.4 Å². The van der Waals surface area contributed by atoms with Gasteiger partial charge in [0.25, 0.3) is 0 Å². The van der Waals surface area contributed by atoms with Crippen molar-refractivity contribution in [3.63, 3.8) is 0 Å². The third-order valence-corrected chi connectivity index (χ3v) is 5.41. The molecule has 1 saturated heterocycles. The van der Waals surface area contributed by atoms with Gasteiger partial charge in [-0.2, -0.15) is 0 Å². The second-order valence-electron chi connectivity index (χ2n) is 7.64. The van der Waals surface area contributed by atoms with Gasteiger partial charge >= 0.3 is 5.97 Å². The second kappa shape index (κ2) is 7.43. The van der Waals surface area contributed by atoms with Crippen LogP contribution in [-0.2, 0) is 11.2 Å². The molecular weight excluding hydrogens is 374 g/mol. The minimum absolute atomic E-state index is 0.114. The number of benzene rings is 1. The van der Waals surface area contributed by atoms with Gasteiger partial charge in [0.2, 0.25) is 0 Å². The Balaban J connectivity index is 2.15. The molecule has 0 saturated carbocycles. The zero-order chi connectivity index (χ0) is 19.8. The van der Waals surface area contributed by atoms with Crippen LogP contribution in [0.4, 0.5) is 14.5 Å². The van der Waals surface area contributed by atoms with E-state index in [2.05, 4.69) is 23.7 Å². The lowest BCUT2D eigenvalue weighted by Gasteiger charge is -2.40. The molecule has 0 aliphatic carbocycles. The van der Waals surface area contributed by atoms with Crippen molar-refractivity contribution in [2.24, 2.45) is 5.41 Å². The van der Waals surface area contributed by atoms with E-state index in [1.54, 1.807) is 0 Å². The van der Waals surface area contributed by atoms with E-state index in [0.29, 0.717) is 22.4 Å². The SMILES string of the molecule is CC1(C)CCN(c2c(-c3ccc(F)c(F)c3)cnc(Cl)c2CC(=O)O)CC1. The third-order valence-electron chi connectivity index (χ3n) is 5.09. The van der Waals surface area contributed by atoms with Gasteiger partial charge in [-0.1, -0.05) is 31.5 Å². The quantitative estimate of drug-likeness (QED) is 0.747. The lowest BCUT2D eigenvalue weighted by atomic mass is 9.82. The highest BCUT2D eigenvalue weighted by atomic mass is 35.5. The second-order valence-corrected chi connectivity index (χ2v) is 8.00. The monoisotopic (exact) mass is 394 g/mol. The van der Waals surface area contributed by atoms with E-state index < -0.39 is 17.6 Å². The van der Waals surface area contributed by atoms with Crippen LogP contribution in [0.5, 0.6) is 0 Å². The summed E-state index contributed by atoms with van der Waals surface area (Å²) >= 11 is 6.23. The fourth-order valence-electron chi connectivity index (χ4n) is 3.40. The molecule has 27 heavy (non-hydrogen) atoms. The number of nitrogens with zero attached hydrogens (tertiary/aromatic N) is 2. The number of carboxylic acids is 1. The first-order chi connectivity index (χ1) is 12.7. The van der Waals surface area contributed by atoms with Crippen molar-refractivity contribution in [1.29, 1.82) is 0 Å². The van der Waals surface area contributed by atoms with E-state index in [-0.39, 0.29) is 17.0 Å². The highest BCUT2D eigenvalue weighted by molar-refractivity contribution is 6.31. The van der Waals surface area contributed by atoms with E-state index in [4.69, 9.17) is 11.6 Å². The largest absolute Gasteiger partial charge is 0.481 e. The average Bonchev–Trinajstić information content (AvgIpc) is 2.59. The number of piperidine rings is 1. The maximum atomic E-state index is 13.8. The van der Waals surface area contributed by atoms with Crippen LogP contribution in [0, 0.1) is 17.0 Å². The summed E-state index contributed by atoms with van der Waals surface area (Å²) in [5, 5.41) is 9.44. The summed E-state index contributed by atoms with van der Waals surface area (Å²) in [6.07, 6.45) is 3.06. The molecule has 0 amide bonds. The first-order valence-corrected chi connectivity index (χ1v) is 9.15. The van der Waals surface area contributed by atoms with Crippen molar-refractivity contribution in [3.05, 3.63) is 46.7 Å². The van der Waals surface area contributed by atoms with Crippen molar-refractivity contribution in [1.82, 2.24) is 4.98 Å². The average molecular weight is 395 g/mol.